The Morgan fingerprint density at radius 3 is 2.27 bits per heavy atom. The largest absolute Gasteiger partial charge is 0.467 e. The lowest BCUT2D eigenvalue weighted by Crippen LogP contribution is -2.42. The molecule has 1 N–H and O–H groups in total. The Bertz CT molecular complexity index is 878. The molecule has 0 spiro atoms. The van der Waals surface area contributed by atoms with Gasteiger partial charge < -0.3 is 10.1 Å². The first-order valence-electron chi connectivity index (χ1n) is 8.02. The summed E-state index contributed by atoms with van der Waals surface area (Å²) in [4.78, 5) is 24.6. The molecule has 0 fully saturated rings. The van der Waals surface area contributed by atoms with Gasteiger partial charge in [-0.2, -0.15) is 0 Å². The van der Waals surface area contributed by atoms with Gasteiger partial charge in [0.1, 0.15) is 15.9 Å². The lowest BCUT2D eigenvalue weighted by Gasteiger charge is -2.17. The van der Waals surface area contributed by atoms with Gasteiger partial charge in [0.05, 0.1) is 12.9 Å². The minimum atomic E-state index is -3.27. The van der Waals surface area contributed by atoms with Gasteiger partial charge in [0, 0.05) is 11.8 Å². The summed E-state index contributed by atoms with van der Waals surface area (Å²) in [6.45, 7) is 0. The van der Waals surface area contributed by atoms with Crippen LogP contribution >= 0.6 is 0 Å². The summed E-state index contributed by atoms with van der Waals surface area (Å²) in [7, 11) is -2.08. The molecule has 6 nitrogen and oxygen atoms in total. The van der Waals surface area contributed by atoms with Gasteiger partial charge in [-0.05, 0) is 23.6 Å². The highest BCUT2D eigenvalue weighted by Gasteiger charge is 2.24. The second-order valence-corrected chi connectivity index (χ2v) is 8.14. The van der Waals surface area contributed by atoms with Crippen LogP contribution in [0.3, 0.4) is 0 Å². The molecule has 2 aromatic carbocycles. The molecular formula is C19H21NO5S. The molecule has 0 aromatic heterocycles. The Morgan fingerprint density at radius 2 is 1.65 bits per heavy atom. The molecule has 7 heteroatoms. The predicted octanol–water partition coefficient (Wildman–Crippen LogP) is 2.06. The molecule has 0 saturated carbocycles. The molecule has 0 aliphatic carbocycles. The number of rotatable bonds is 7. The monoisotopic (exact) mass is 375 g/mol. The minimum absolute atomic E-state index is 0.0508. The van der Waals surface area contributed by atoms with Crippen LogP contribution in [0.25, 0.3) is 11.1 Å². The predicted molar refractivity (Wildman–Crippen MR) is 99.5 cm³/mol. The summed E-state index contributed by atoms with van der Waals surface area (Å²) in [6.07, 6.45) is 1.03. The summed E-state index contributed by atoms with van der Waals surface area (Å²) in [5.41, 5.74) is 1.98. The number of ether oxygens (including phenoxy) is 1. The topological polar surface area (TPSA) is 89.5 Å². The molecule has 0 unspecified atom stereocenters. The Labute approximate surface area is 153 Å². The summed E-state index contributed by atoms with van der Waals surface area (Å²) < 4.78 is 27.4. The van der Waals surface area contributed by atoms with Crippen molar-refractivity contribution < 1.29 is 22.7 Å². The zero-order valence-electron chi connectivity index (χ0n) is 14.6. The number of hydrogen-bond donors (Lipinski definition) is 1. The maximum atomic E-state index is 12.7. The summed E-state index contributed by atoms with van der Waals surface area (Å²) in [5.74, 6) is -1.37. The van der Waals surface area contributed by atoms with Crippen LogP contribution in [0.4, 0.5) is 0 Å². The molecule has 0 saturated heterocycles. The van der Waals surface area contributed by atoms with Crippen molar-refractivity contribution in [3.05, 3.63) is 60.2 Å². The van der Waals surface area contributed by atoms with Gasteiger partial charge in [0.25, 0.3) is 5.91 Å². The van der Waals surface area contributed by atoms with E-state index < -0.39 is 27.8 Å². The van der Waals surface area contributed by atoms with Crippen LogP contribution in [0.2, 0.25) is 0 Å². The fraction of sp³-hybridized carbons (Fsp3) is 0.263. The van der Waals surface area contributed by atoms with Crippen molar-refractivity contribution >= 4 is 21.7 Å². The van der Waals surface area contributed by atoms with Crippen molar-refractivity contribution in [2.45, 2.75) is 12.5 Å². The maximum Gasteiger partial charge on any atom is 0.328 e. The van der Waals surface area contributed by atoms with E-state index in [1.54, 1.807) is 12.1 Å². The molecule has 1 amide bonds. The number of nitrogens with one attached hydrogen (secondary N) is 1. The zero-order valence-corrected chi connectivity index (χ0v) is 15.5. The molecule has 2 aromatic rings. The van der Waals surface area contributed by atoms with Crippen molar-refractivity contribution in [2.75, 3.05) is 19.1 Å². The van der Waals surface area contributed by atoms with Gasteiger partial charge in [0.15, 0.2) is 0 Å². The first-order valence-corrected chi connectivity index (χ1v) is 10.1. The molecule has 0 heterocycles. The number of hydrogen-bond acceptors (Lipinski definition) is 5. The second-order valence-electron chi connectivity index (χ2n) is 5.88. The van der Waals surface area contributed by atoms with Crippen molar-refractivity contribution in [1.82, 2.24) is 5.32 Å². The first kappa shape index (κ1) is 19.7. The number of benzene rings is 2. The third kappa shape index (κ3) is 5.42. The third-order valence-corrected chi connectivity index (χ3v) is 4.80. The van der Waals surface area contributed by atoms with Gasteiger partial charge in [-0.1, -0.05) is 48.5 Å². The van der Waals surface area contributed by atoms with Gasteiger partial charge in [-0.3, -0.25) is 4.79 Å². The van der Waals surface area contributed by atoms with E-state index >= 15 is 0 Å². The first-order chi connectivity index (χ1) is 12.3. The van der Waals surface area contributed by atoms with Crippen LogP contribution in [-0.4, -0.2) is 45.5 Å². The summed E-state index contributed by atoms with van der Waals surface area (Å²) >= 11 is 0. The van der Waals surface area contributed by atoms with E-state index in [1.807, 2.05) is 42.5 Å². The Morgan fingerprint density at radius 1 is 1.04 bits per heavy atom. The number of sulfone groups is 1. The highest BCUT2D eigenvalue weighted by Crippen LogP contribution is 2.23. The molecule has 26 heavy (non-hydrogen) atoms. The zero-order chi connectivity index (χ0) is 19.2. The fourth-order valence-corrected chi connectivity index (χ4v) is 3.17. The lowest BCUT2D eigenvalue weighted by molar-refractivity contribution is -0.142. The van der Waals surface area contributed by atoms with Crippen molar-refractivity contribution in [3.8, 4) is 11.1 Å². The molecule has 0 aliphatic rings. The maximum absolute atomic E-state index is 12.7. The van der Waals surface area contributed by atoms with E-state index in [0.29, 0.717) is 5.56 Å². The molecular weight excluding hydrogens is 354 g/mol. The van der Waals surface area contributed by atoms with Gasteiger partial charge in [-0.15, -0.1) is 0 Å². The van der Waals surface area contributed by atoms with E-state index in [9.17, 15) is 18.0 Å². The van der Waals surface area contributed by atoms with E-state index in [2.05, 4.69) is 10.1 Å². The van der Waals surface area contributed by atoms with Crippen molar-refractivity contribution in [3.63, 3.8) is 0 Å². The van der Waals surface area contributed by atoms with E-state index in [1.165, 1.54) is 7.11 Å². The Hall–Kier alpha value is -2.67. The highest BCUT2D eigenvalue weighted by molar-refractivity contribution is 7.90. The number of esters is 1. The average molecular weight is 375 g/mol. The third-order valence-electron chi connectivity index (χ3n) is 3.82. The van der Waals surface area contributed by atoms with Gasteiger partial charge >= 0.3 is 5.97 Å². The van der Waals surface area contributed by atoms with Crippen LogP contribution in [0, 0.1) is 0 Å². The Kier molecular flexibility index (Phi) is 6.52. The van der Waals surface area contributed by atoms with Gasteiger partial charge in [0.2, 0.25) is 0 Å². The van der Waals surface area contributed by atoms with Gasteiger partial charge in [-0.25, -0.2) is 13.2 Å². The van der Waals surface area contributed by atoms with E-state index in [4.69, 9.17) is 0 Å². The second kappa shape index (κ2) is 8.62. The number of methoxy groups -OCH3 is 1. The number of amides is 1. The van der Waals surface area contributed by atoms with Crippen LogP contribution in [0.1, 0.15) is 16.8 Å². The van der Waals surface area contributed by atoms with E-state index in [0.717, 1.165) is 17.4 Å². The fourth-order valence-electron chi connectivity index (χ4n) is 2.51. The quantitative estimate of drug-likeness (QED) is 0.748. The molecule has 0 aliphatic heterocycles. The molecule has 0 radical (unpaired) electrons. The Balaban J connectivity index is 2.26. The molecule has 0 bridgehead atoms. The molecule has 2 rings (SSSR count). The van der Waals surface area contributed by atoms with Crippen molar-refractivity contribution in [2.24, 2.45) is 0 Å². The smallest absolute Gasteiger partial charge is 0.328 e. The summed E-state index contributed by atoms with van der Waals surface area (Å²) in [6, 6.07) is 15.4. The standard InChI is InChI=1S/C19H21NO5S/c1-25-19(22)17(12-13-26(2,23)24)20-18(21)16-11-7-6-10-15(16)14-8-4-3-5-9-14/h3-11,17H,12-13H2,1-2H3,(H,20,21)/t17-/m0/s1. The van der Waals surface area contributed by atoms with Crippen molar-refractivity contribution in [1.29, 1.82) is 0 Å². The minimum Gasteiger partial charge on any atom is -0.467 e. The van der Waals surface area contributed by atoms with Crippen LogP contribution < -0.4 is 5.32 Å². The highest BCUT2D eigenvalue weighted by atomic mass is 32.2. The van der Waals surface area contributed by atoms with Crippen LogP contribution in [0.15, 0.2) is 54.6 Å². The SMILES string of the molecule is COC(=O)[C@H](CCS(C)(=O)=O)NC(=O)c1ccccc1-c1ccccc1. The van der Waals surface area contributed by atoms with Crippen LogP contribution in [-0.2, 0) is 19.4 Å². The number of carbonyl (C=O) groups excluding carboxylic acids is 2. The molecule has 138 valence electrons. The normalized spacial score (nSPS) is 12.2. The average Bonchev–Trinajstić information content (AvgIpc) is 2.64. The van der Waals surface area contributed by atoms with E-state index in [-0.39, 0.29) is 12.2 Å². The molecule has 1 atom stereocenters. The van der Waals surface area contributed by atoms with Crippen LogP contribution in [0.5, 0.6) is 0 Å². The summed E-state index contributed by atoms with van der Waals surface area (Å²) in [5, 5.41) is 2.59. The number of carbonyl (C=O) groups is 2. The lowest BCUT2D eigenvalue weighted by atomic mass is 9.99.